The fraction of sp³-hybridized carbons (Fsp3) is 0.308. The number of rotatable bonds is 5. The van der Waals surface area contributed by atoms with Gasteiger partial charge in [-0.15, -0.1) is 0 Å². The van der Waals surface area contributed by atoms with E-state index in [0.29, 0.717) is 6.42 Å². The number of amides is 1. The molecular formula is C13H17NO3S. The lowest BCUT2D eigenvalue weighted by atomic mass is 10.1. The van der Waals surface area contributed by atoms with Gasteiger partial charge in [-0.3, -0.25) is 4.79 Å². The molecule has 0 aliphatic rings. The van der Waals surface area contributed by atoms with Gasteiger partial charge in [-0.1, -0.05) is 44.2 Å². The Kier molecular flexibility index (Phi) is 5.09. The lowest BCUT2D eigenvalue weighted by Gasteiger charge is -2.07. The molecule has 0 aliphatic heterocycles. The van der Waals surface area contributed by atoms with Crippen LogP contribution in [0.2, 0.25) is 0 Å². The van der Waals surface area contributed by atoms with Crippen molar-refractivity contribution in [3.63, 3.8) is 0 Å². The van der Waals surface area contributed by atoms with E-state index in [4.69, 9.17) is 0 Å². The van der Waals surface area contributed by atoms with Gasteiger partial charge in [-0.2, -0.15) is 0 Å². The zero-order valence-electron chi connectivity index (χ0n) is 10.5. The molecule has 98 valence electrons. The molecule has 5 heteroatoms. The second-order valence-corrected chi connectivity index (χ2v) is 5.60. The van der Waals surface area contributed by atoms with Gasteiger partial charge in [0.05, 0.1) is 5.41 Å². The molecule has 0 bridgehead atoms. The second kappa shape index (κ2) is 6.35. The summed E-state index contributed by atoms with van der Waals surface area (Å²) in [4.78, 5) is 11.5. The molecule has 1 atom stereocenters. The summed E-state index contributed by atoms with van der Waals surface area (Å²) in [5, 5.41) is 1.00. The van der Waals surface area contributed by atoms with E-state index < -0.39 is 15.9 Å². The third-order valence-corrected chi connectivity index (χ3v) is 3.52. The van der Waals surface area contributed by atoms with Gasteiger partial charge in [0.25, 0.3) is 10.0 Å². The first kappa shape index (κ1) is 14.4. The van der Waals surface area contributed by atoms with E-state index in [1.165, 1.54) is 6.08 Å². The number of carbonyl (C=O) groups excluding carboxylic acids is 1. The van der Waals surface area contributed by atoms with Crippen molar-refractivity contribution in [2.24, 2.45) is 5.92 Å². The first-order chi connectivity index (χ1) is 8.44. The molecule has 0 radical (unpaired) electrons. The van der Waals surface area contributed by atoms with E-state index in [9.17, 15) is 13.2 Å². The molecule has 0 fully saturated rings. The average molecular weight is 267 g/mol. The SMILES string of the molecule is CCC(C)C(=O)NS(=O)(=O)/C=C/c1ccccc1. The number of nitrogens with one attached hydrogen (secondary N) is 1. The van der Waals surface area contributed by atoms with E-state index in [2.05, 4.69) is 0 Å². The maximum Gasteiger partial charge on any atom is 0.257 e. The molecule has 0 saturated heterocycles. The highest BCUT2D eigenvalue weighted by Crippen LogP contribution is 2.05. The van der Waals surface area contributed by atoms with E-state index in [1.807, 2.05) is 29.8 Å². The minimum absolute atomic E-state index is 0.315. The summed E-state index contributed by atoms with van der Waals surface area (Å²) in [6.07, 6.45) is 2.05. The minimum atomic E-state index is -3.71. The Hall–Kier alpha value is -1.62. The van der Waals surface area contributed by atoms with Crippen LogP contribution in [0.15, 0.2) is 35.7 Å². The Morgan fingerprint density at radius 3 is 2.50 bits per heavy atom. The van der Waals surface area contributed by atoms with E-state index in [0.717, 1.165) is 11.0 Å². The van der Waals surface area contributed by atoms with Crippen LogP contribution >= 0.6 is 0 Å². The molecular weight excluding hydrogens is 250 g/mol. The molecule has 1 rings (SSSR count). The quantitative estimate of drug-likeness (QED) is 0.889. The predicted molar refractivity (Wildman–Crippen MR) is 72.0 cm³/mol. The van der Waals surface area contributed by atoms with E-state index in [1.54, 1.807) is 19.1 Å². The molecule has 1 amide bonds. The fourth-order valence-electron chi connectivity index (χ4n) is 1.19. The van der Waals surface area contributed by atoms with E-state index >= 15 is 0 Å². The van der Waals surface area contributed by atoms with Crippen molar-refractivity contribution in [3.05, 3.63) is 41.3 Å². The van der Waals surface area contributed by atoms with Crippen molar-refractivity contribution in [2.75, 3.05) is 0 Å². The van der Waals surface area contributed by atoms with Crippen LogP contribution in [0.3, 0.4) is 0 Å². The van der Waals surface area contributed by atoms with Crippen LogP contribution in [0, 0.1) is 5.92 Å². The fourth-order valence-corrected chi connectivity index (χ4v) is 2.08. The van der Waals surface area contributed by atoms with Crippen molar-refractivity contribution in [2.45, 2.75) is 20.3 Å². The lowest BCUT2D eigenvalue weighted by molar-refractivity contribution is -0.122. The largest absolute Gasteiger partial charge is 0.274 e. The van der Waals surface area contributed by atoms with Crippen LogP contribution in [0.25, 0.3) is 6.08 Å². The summed E-state index contributed by atoms with van der Waals surface area (Å²) in [6.45, 7) is 3.52. The average Bonchev–Trinajstić information content (AvgIpc) is 2.36. The van der Waals surface area contributed by atoms with Crippen LogP contribution in [0.5, 0.6) is 0 Å². The first-order valence-electron chi connectivity index (χ1n) is 5.74. The molecule has 1 N–H and O–H groups in total. The number of sulfonamides is 1. The van der Waals surface area contributed by atoms with Gasteiger partial charge in [-0.25, -0.2) is 13.1 Å². The number of benzene rings is 1. The van der Waals surface area contributed by atoms with Crippen molar-refractivity contribution in [1.82, 2.24) is 4.72 Å². The van der Waals surface area contributed by atoms with Gasteiger partial charge in [0, 0.05) is 5.92 Å². The van der Waals surface area contributed by atoms with Crippen molar-refractivity contribution >= 4 is 22.0 Å². The number of hydrogen-bond acceptors (Lipinski definition) is 3. The van der Waals surface area contributed by atoms with Gasteiger partial charge < -0.3 is 0 Å². The normalized spacial score (nSPS) is 13.4. The minimum Gasteiger partial charge on any atom is -0.274 e. The first-order valence-corrected chi connectivity index (χ1v) is 7.29. The third-order valence-electron chi connectivity index (χ3n) is 2.54. The topological polar surface area (TPSA) is 63.2 Å². The van der Waals surface area contributed by atoms with Crippen molar-refractivity contribution < 1.29 is 13.2 Å². The second-order valence-electron chi connectivity index (χ2n) is 4.03. The predicted octanol–water partition coefficient (Wildman–Crippen LogP) is 2.15. The van der Waals surface area contributed by atoms with Crippen LogP contribution in [-0.4, -0.2) is 14.3 Å². The van der Waals surface area contributed by atoms with Crippen LogP contribution < -0.4 is 4.72 Å². The Bertz CT molecular complexity index is 520. The Morgan fingerprint density at radius 1 is 1.33 bits per heavy atom. The summed E-state index contributed by atoms with van der Waals surface area (Å²) in [7, 11) is -3.71. The van der Waals surface area contributed by atoms with Crippen molar-refractivity contribution in [3.8, 4) is 0 Å². The molecule has 0 heterocycles. The smallest absolute Gasteiger partial charge is 0.257 e. The highest BCUT2D eigenvalue weighted by atomic mass is 32.2. The zero-order chi connectivity index (χ0) is 13.6. The Labute approximate surface area is 108 Å². The molecule has 0 spiro atoms. The Balaban J connectivity index is 2.71. The summed E-state index contributed by atoms with van der Waals surface area (Å²) >= 11 is 0. The molecule has 1 unspecified atom stereocenters. The number of carbonyl (C=O) groups is 1. The molecule has 1 aromatic rings. The standard InChI is InChI=1S/C13H17NO3S/c1-3-11(2)13(15)14-18(16,17)10-9-12-7-5-4-6-8-12/h4-11H,3H2,1-2H3,(H,14,15)/b10-9+. The van der Waals surface area contributed by atoms with E-state index in [-0.39, 0.29) is 5.92 Å². The Morgan fingerprint density at radius 2 is 1.94 bits per heavy atom. The lowest BCUT2D eigenvalue weighted by Crippen LogP contribution is -2.33. The van der Waals surface area contributed by atoms with Gasteiger partial charge in [0.2, 0.25) is 5.91 Å². The van der Waals surface area contributed by atoms with Crippen molar-refractivity contribution in [1.29, 1.82) is 0 Å². The van der Waals surface area contributed by atoms with Crippen LogP contribution in [0.1, 0.15) is 25.8 Å². The molecule has 0 aromatic heterocycles. The summed E-state index contributed by atoms with van der Waals surface area (Å²) in [5.41, 5.74) is 0.763. The zero-order valence-corrected chi connectivity index (χ0v) is 11.3. The highest BCUT2D eigenvalue weighted by molar-refractivity contribution is 7.93. The summed E-state index contributed by atoms with van der Waals surface area (Å²) in [6, 6.07) is 9.02. The highest BCUT2D eigenvalue weighted by Gasteiger charge is 2.15. The molecule has 0 aliphatic carbocycles. The van der Waals surface area contributed by atoms with Crippen LogP contribution in [0.4, 0.5) is 0 Å². The maximum absolute atomic E-state index is 11.6. The van der Waals surface area contributed by atoms with Gasteiger partial charge >= 0.3 is 0 Å². The number of hydrogen-bond donors (Lipinski definition) is 1. The summed E-state index contributed by atoms with van der Waals surface area (Å²) in [5.74, 6) is -0.792. The molecule has 4 nitrogen and oxygen atoms in total. The molecule has 1 aromatic carbocycles. The third kappa shape index (κ3) is 4.71. The monoisotopic (exact) mass is 267 g/mol. The summed E-state index contributed by atoms with van der Waals surface area (Å²) < 4.78 is 25.3. The van der Waals surface area contributed by atoms with Gasteiger partial charge in [0.1, 0.15) is 0 Å². The molecule has 18 heavy (non-hydrogen) atoms. The maximum atomic E-state index is 11.6. The van der Waals surface area contributed by atoms with Gasteiger partial charge in [0.15, 0.2) is 0 Å². The van der Waals surface area contributed by atoms with Crippen LogP contribution in [-0.2, 0) is 14.8 Å². The van der Waals surface area contributed by atoms with Gasteiger partial charge in [-0.05, 0) is 18.1 Å². The molecule has 0 saturated carbocycles.